The van der Waals surface area contributed by atoms with Crippen molar-refractivity contribution < 1.29 is 14.3 Å². The Labute approximate surface area is 216 Å². The van der Waals surface area contributed by atoms with Crippen LogP contribution in [0, 0.1) is 18.3 Å². The van der Waals surface area contributed by atoms with E-state index in [1.807, 2.05) is 55.5 Å². The first-order valence-corrected chi connectivity index (χ1v) is 12.3. The minimum absolute atomic E-state index is 0.156. The van der Waals surface area contributed by atoms with Gasteiger partial charge in [-0.3, -0.25) is 9.69 Å². The first kappa shape index (κ1) is 24.0. The van der Waals surface area contributed by atoms with Crippen LogP contribution < -0.4 is 14.4 Å². The lowest BCUT2D eigenvalue weighted by molar-refractivity contribution is -0.113. The predicted molar refractivity (Wildman–Crippen MR) is 143 cm³/mol. The molecule has 8 heteroatoms. The molecule has 1 fully saturated rings. The van der Waals surface area contributed by atoms with Crippen LogP contribution in [0.15, 0.2) is 70.0 Å². The molecule has 170 valence electrons. The molecule has 1 aliphatic heterocycles. The summed E-state index contributed by atoms with van der Waals surface area (Å²) in [4.78, 5) is 15.2. The van der Waals surface area contributed by atoms with E-state index in [1.54, 1.807) is 30.2 Å². The molecule has 1 amide bonds. The molecule has 4 rings (SSSR count). The third-order valence-electron chi connectivity index (χ3n) is 5.07. The Morgan fingerprint density at radius 3 is 2.62 bits per heavy atom. The van der Waals surface area contributed by atoms with Gasteiger partial charge in [-0.25, -0.2) is 0 Å². The Morgan fingerprint density at radius 1 is 1.18 bits per heavy atom. The molecule has 0 unspecified atom stereocenters. The Bertz CT molecular complexity index is 1350. The fraction of sp³-hybridized carbons (Fsp3) is 0.115. The van der Waals surface area contributed by atoms with Gasteiger partial charge in [0.1, 0.15) is 6.61 Å². The van der Waals surface area contributed by atoms with E-state index < -0.39 is 0 Å². The predicted octanol–water partition coefficient (Wildman–Crippen LogP) is 6.62. The number of hydrogen-bond acceptors (Lipinski definition) is 6. The highest BCUT2D eigenvalue weighted by Crippen LogP contribution is 2.40. The molecule has 0 aliphatic carbocycles. The third kappa shape index (κ3) is 5.17. The number of amides is 1. The van der Waals surface area contributed by atoms with Crippen molar-refractivity contribution in [1.29, 1.82) is 5.26 Å². The summed E-state index contributed by atoms with van der Waals surface area (Å²) in [6.45, 7) is 2.29. The van der Waals surface area contributed by atoms with Crippen LogP contribution in [0.4, 0.5) is 5.69 Å². The molecule has 1 aliphatic rings. The van der Waals surface area contributed by atoms with Crippen molar-refractivity contribution in [1.82, 2.24) is 0 Å². The monoisotopic (exact) mass is 550 g/mol. The number of anilines is 1. The van der Waals surface area contributed by atoms with Gasteiger partial charge in [-0.05, 0) is 82.0 Å². The molecule has 1 heterocycles. The van der Waals surface area contributed by atoms with E-state index in [2.05, 4.69) is 22.0 Å². The van der Waals surface area contributed by atoms with Gasteiger partial charge in [0.25, 0.3) is 5.91 Å². The number of aryl methyl sites for hydroxylation is 1. The quantitative estimate of drug-likeness (QED) is 0.254. The maximum Gasteiger partial charge on any atom is 0.270 e. The van der Waals surface area contributed by atoms with E-state index in [4.69, 9.17) is 27.0 Å². The van der Waals surface area contributed by atoms with Gasteiger partial charge in [0.2, 0.25) is 0 Å². The van der Waals surface area contributed by atoms with Gasteiger partial charge in [0, 0.05) is 0 Å². The molecule has 34 heavy (non-hydrogen) atoms. The zero-order chi connectivity index (χ0) is 24.2. The standard InChI is InChI=1S/C26H19BrN2O3S2/c1-16-4-3-5-20(10-16)29-25(30)23(34-26(29)33)13-19-11-21(27)24(22(12-19)31-2)32-15-18-8-6-17(14-28)7-9-18/h3-13H,15H2,1-2H3/b23-13-. The Hall–Kier alpha value is -3.12. The topological polar surface area (TPSA) is 62.6 Å². The first-order valence-electron chi connectivity index (χ1n) is 10.2. The van der Waals surface area contributed by atoms with Crippen molar-refractivity contribution in [3.63, 3.8) is 0 Å². The van der Waals surface area contributed by atoms with Crippen molar-refractivity contribution in [2.75, 3.05) is 12.0 Å². The first-order chi connectivity index (χ1) is 16.4. The molecule has 3 aromatic rings. The summed E-state index contributed by atoms with van der Waals surface area (Å²) in [6.07, 6.45) is 1.80. The van der Waals surface area contributed by atoms with E-state index in [9.17, 15) is 4.79 Å². The Balaban J connectivity index is 1.56. The average Bonchev–Trinajstić information content (AvgIpc) is 3.10. The molecule has 0 bridgehead atoms. The van der Waals surface area contributed by atoms with Crippen molar-refractivity contribution in [2.24, 2.45) is 0 Å². The largest absolute Gasteiger partial charge is 0.493 e. The lowest BCUT2D eigenvalue weighted by Gasteiger charge is -2.15. The van der Waals surface area contributed by atoms with Crippen LogP contribution in [0.5, 0.6) is 11.5 Å². The highest BCUT2D eigenvalue weighted by Gasteiger charge is 2.33. The van der Waals surface area contributed by atoms with Crippen molar-refractivity contribution in [3.05, 3.63) is 92.3 Å². The zero-order valence-electron chi connectivity index (χ0n) is 18.4. The molecule has 1 saturated heterocycles. The zero-order valence-corrected chi connectivity index (χ0v) is 21.6. The maximum atomic E-state index is 13.1. The molecule has 0 atom stereocenters. The molecule has 0 saturated carbocycles. The number of ether oxygens (including phenoxy) is 2. The van der Waals surface area contributed by atoms with Crippen LogP contribution in [-0.2, 0) is 11.4 Å². The van der Waals surface area contributed by atoms with Gasteiger partial charge in [-0.2, -0.15) is 5.26 Å². The smallest absolute Gasteiger partial charge is 0.270 e. The summed E-state index contributed by atoms with van der Waals surface area (Å²) >= 11 is 10.3. The molecule has 5 nitrogen and oxygen atoms in total. The van der Waals surface area contributed by atoms with Crippen molar-refractivity contribution in [3.8, 4) is 17.6 Å². The summed E-state index contributed by atoms with van der Waals surface area (Å²) in [6, 6.07) is 20.7. The fourth-order valence-electron chi connectivity index (χ4n) is 3.40. The Kier molecular flexibility index (Phi) is 7.37. The fourth-order valence-corrected chi connectivity index (χ4v) is 5.28. The number of carbonyl (C=O) groups excluding carboxylic acids is 1. The molecule has 0 aromatic heterocycles. The average molecular weight is 551 g/mol. The summed E-state index contributed by atoms with van der Waals surface area (Å²) in [7, 11) is 1.57. The molecular weight excluding hydrogens is 532 g/mol. The minimum Gasteiger partial charge on any atom is -0.493 e. The number of nitrogens with zero attached hydrogens (tertiary/aromatic N) is 2. The van der Waals surface area contributed by atoms with Crippen LogP contribution in [0.2, 0.25) is 0 Å². The number of halogens is 1. The number of nitriles is 1. The van der Waals surface area contributed by atoms with Gasteiger partial charge in [-0.1, -0.05) is 48.2 Å². The number of thioether (sulfide) groups is 1. The van der Waals surface area contributed by atoms with E-state index in [0.29, 0.717) is 37.4 Å². The van der Waals surface area contributed by atoms with E-state index in [-0.39, 0.29) is 5.91 Å². The second-order valence-corrected chi connectivity index (χ2v) is 10.0. The summed E-state index contributed by atoms with van der Waals surface area (Å²) in [5, 5.41) is 8.94. The second kappa shape index (κ2) is 10.4. The lowest BCUT2D eigenvalue weighted by atomic mass is 10.1. The second-order valence-electron chi connectivity index (χ2n) is 7.49. The van der Waals surface area contributed by atoms with Crippen LogP contribution >= 0.6 is 39.9 Å². The minimum atomic E-state index is -0.156. The van der Waals surface area contributed by atoms with Gasteiger partial charge >= 0.3 is 0 Å². The maximum absolute atomic E-state index is 13.1. The van der Waals surface area contributed by atoms with Crippen LogP contribution in [0.3, 0.4) is 0 Å². The summed E-state index contributed by atoms with van der Waals surface area (Å²) in [5.41, 5.74) is 4.12. The SMILES string of the molecule is COc1cc(/C=C2\SC(=S)N(c3cccc(C)c3)C2=O)cc(Br)c1OCc1ccc(C#N)cc1. The van der Waals surface area contributed by atoms with E-state index in [0.717, 1.165) is 22.4 Å². The highest BCUT2D eigenvalue weighted by molar-refractivity contribution is 9.10. The summed E-state index contributed by atoms with van der Waals surface area (Å²) < 4.78 is 12.7. The number of thiocarbonyl (C=S) groups is 1. The highest BCUT2D eigenvalue weighted by atomic mass is 79.9. The molecule has 0 radical (unpaired) electrons. The Morgan fingerprint density at radius 2 is 1.94 bits per heavy atom. The van der Waals surface area contributed by atoms with Crippen molar-refractivity contribution in [2.45, 2.75) is 13.5 Å². The molecule has 0 N–H and O–H groups in total. The number of rotatable bonds is 6. The normalized spacial score (nSPS) is 14.4. The van der Waals surface area contributed by atoms with Gasteiger partial charge in [0.05, 0.1) is 33.8 Å². The number of benzene rings is 3. The number of carbonyl (C=O) groups is 1. The number of hydrogen-bond donors (Lipinski definition) is 0. The molecule has 3 aromatic carbocycles. The third-order valence-corrected chi connectivity index (χ3v) is 6.96. The molecular formula is C26H19BrN2O3S2. The van der Waals surface area contributed by atoms with Gasteiger partial charge in [-0.15, -0.1) is 0 Å². The van der Waals surface area contributed by atoms with E-state index >= 15 is 0 Å². The van der Waals surface area contributed by atoms with Gasteiger partial charge in [0.15, 0.2) is 15.8 Å². The number of methoxy groups -OCH3 is 1. The van der Waals surface area contributed by atoms with Gasteiger partial charge < -0.3 is 9.47 Å². The van der Waals surface area contributed by atoms with E-state index in [1.165, 1.54) is 11.8 Å². The van der Waals surface area contributed by atoms with Crippen LogP contribution in [0.25, 0.3) is 6.08 Å². The molecule has 0 spiro atoms. The van der Waals surface area contributed by atoms with Crippen LogP contribution in [0.1, 0.15) is 22.3 Å². The summed E-state index contributed by atoms with van der Waals surface area (Å²) in [5.74, 6) is 0.927. The lowest BCUT2D eigenvalue weighted by Crippen LogP contribution is -2.27. The van der Waals surface area contributed by atoms with Crippen molar-refractivity contribution >= 4 is 61.9 Å². The van der Waals surface area contributed by atoms with Crippen LogP contribution in [-0.4, -0.2) is 17.3 Å².